The van der Waals surface area contributed by atoms with Crippen LogP contribution in [0.25, 0.3) is 0 Å². The summed E-state index contributed by atoms with van der Waals surface area (Å²) in [4.78, 5) is 4.21. The van der Waals surface area contributed by atoms with E-state index < -0.39 is 0 Å². The van der Waals surface area contributed by atoms with Crippen LogP contribution in [0.15, 0.2) is 53.3 Å². The molecule has 94 valence electrons. The van der Waals surface area contributed by atoms with Gasteiger partial charge in [0.25, 0.3) is 0 Å². The van der Waals surface area contributed by atoms with Gasteiger partial charge in [-0.25, -0.2) is 0 Å². The van der Waals surface area contributed by atoms with Gasteiger partial charge in [0.1, 0.15) is 0 Å². The maximum atomic E-state index is 4.21. The Hall–Kier alpha value is -1.19. The molecule has 1 atom stereocenters. The first kappa shape index (κ1) is 13.2. The summed E-state index contributed by atoms with van der Waals surface area (Å²) >= 11 is 3.63. The van der Waals surface area contributed by atoms with Crippen LogP contribution in [0, 0.1) is 0 Å². The molecule has 2 nitrogen and oxygen atoms in total. The summed E-state index contributed by atoms with van der Waals surface area (Å²) in [6, 6.07) is 12.6. The molecule has 0 saturated heterocycles. The van der Waals surface area contributed by atoms with Crippen molar-refractivity contribution in [3.63, 3.8) is 0 Å². The summed E-state index contributed by atoms with van der Waals surface area (Å²) < 4.78 is 1.13. The Bertz CT molecular complexity index is 485. The molecule has 2 aromatic rings. The first-order valence-electron chi connectivity index (χ1n) is 6.20. The highest BCUT2D eigenvalue weighted by atomic mass is 79.9. The van der Waals surface area contributed by atoms with Crippen molar-refractivity contribution in [3.05, 3.63) is 64.4 Å². The Kier molecular flexibility index (Phi) is 4.90. The molecule has 0 fully saturated rings. The van der Waals surface area contributed by atoms with E-state index in [2.05, 4.69) is 57.4 Å². The Labute approximate surface area is 117 Å². The second-order valence-corrected chi connectivity index (χ2v) is 5.05. The van der Waals surface area contributed by atoms with E-state index in [0.717, 1.165) is 17.4 Å². The van der Waals surface area contributed by atoms with Gasteiger partial charge in [0.15, 0.2) is 0 Å². The third-order valence-electron chi connectivity index (χ3n) is 2.83. The fourth-order valence-corrected chi connectivity index (χ4v) is 2.47. The maximum absolute atomic E-state index is 4.21. The number of benzene rings is 1. The second kappa shape index (κ2) is 6.66. The largest absolute Gasteiger partial charge is 0.306 e. The van der Waals surface area contributed by atoms with Crippen molar-refractivity contribution >= 4 is 15.9 Å². The van der Waals surface area contributed by atoms with Gasteiger partial charge in [0, 0.05) is 16.9 Å². The van der Waals surface area contributed by atoms with Crippen LogP contribution in [0.5, 0.6) is 0 Å². The van der Waals surface area contributed by atoms with Gasteiger partial charge in [-0.1, -0.05) is 47.1 Å². The minimum absolute atomic E-state index is 0.189. The normalized spacial score (nSPS) is 12.3. The Morgan fingerprint density at radius 3 is 2.72 bits per heavy atom. The summed E-state index contributed by atoms with van der Waals surface area (Å²) in [5.41, 5.74) is 2.44. The van der Waals surface area contributed by atoms with Crippen molar-refractivity contribution < 1.29 is 0 Å². The smallest absolute Gasteiger partial charge is 0.0603 e. The van der Waals surface area contributed by atoms with Crippen molar-refractivity contribution in [2.75, 3.05) is 6.54 Å². The molecule has 1 aromatic carbocycles. The summed E-state index contributed by atoms with van der Waals surface area (Å²) in [6.07, 6.45) is 4.84. The lowest BCUT2D eigenvalue weighted by molar-refractivity contribution is 0.595. The first-order chi connectivity index (χ1) is 8.83. The molecule has 0 saturated carbocycles. The van der Waals surface area contributed by atoms with Crippen molar-refractivity contribution in [1.29, 1.82) is 0 Å². The second-order valence-electron chi connectivity index (χ2n) is 4.20. The Morgan fingerprint density at radius 1 is 1.22 bits per heavy atom. The van der Waals surface area contributed by atoms with Gasteiger partial charge in [-0.2, -0.15) is 0 Å². The summed E-state index contributed by atoms with van der Waals surface area (Å²) in [7, 11) is 0. The molecule has 0 amide bonds. The van der Waals surface area contributed by atoms with Gasteiger partial charge in [0.05, 0.1) is 6.04 Å². The van der Waals surface area contributed by atoms with E-state index in [-0.39, 0.29) is 6.04 Å². The maximum Gasteiger partial charge on any atom is 0.0603 e. The predicted molar refractivity (Wildman–Crippen MR) is 78.5 cm³/mol. The van der Waals surface area contributed by atoms with E-state index in [9.17, 15) is 0 Å². The van der Waals surface area contributed by atoms with Crippen LogP contribution in [-0.2, 0) is 0 Å². The van der Waals surface area contributed by atoms with Gasteiger partial charge in [0.2, 0.25) is 0 Å². The number of rotatable bonds is 5. The molecule has 0 aliphatic carbocycles. The number of pyridine rings is 1. The van der Waals surface area contributed by atoms with Crippen molar-refractivity contribution in [3.8, 4) is 0 Å². The number of hydrogen-bond donors (Lipinski definition) is 1. The van der Waals surface area contributed by atoms with Crippen molar-refractivity contribution in [2.24, 2.45) is 0 Å². The number of halogens is 1. The van der Waals surface area contributed by atoms with Crippen LogP contribution in [0.1, 0.15) is 30.5 Å². The van der Waals surface area contributed by atoms with Gasteiger partial charge in [-0.15, -0.1) is 0 Å². The topological polar surface area (TPSA) is 24.9 Å². The highest BCUT2D eigenvalue weighted by molar-refractivity contribution is 9.10. The minimum atomic E-state index is 0.189. The molecule has 3 heteroatoms. The first-order valence-corrected chi connectivity index (χ1v) is 7.00. The standard InChI is InChI=1S/C15H17BrN2/c1-2-9-18-15(12-6-5-10-17-11-12)13-7-3-4-8-14(13)16/h3-8,10-11,15,18H,2,9H2,1H3. The quantitative estimate of drug-likeness (QED) is 0.905. The molecular formula is C15H17BrN2. The molecule has 1 unspecified atom stereocenters. The zero-order chi connectivity index (χ0) is 12.8. The Morgan fingerprint density at radius 2 is 2.06 bits per heavy atom. The van der Waals surface area contributed by atoms with Crippen LogP contribution in [0.4, 0.5) is 0 Å². The zero-order valence-electron chi connectivity index (χ0n) is 10.4. The van der Waals surface area contributed by atoms with Gasteiger partial charge in [-0.3, -0.25) is 4.98 Å². The summed E-state index contributed by atoms with van der Waals surface area (Å²) in [5, 5.41) is 3.57. The monoisotopic (exact) mass is 304 g/mol. The highest BCUT2D eigenvalue weighted by Gasteiger charge is 2.15. The highest BCUT2D eigenvalue weighted by Crippen LogP contribution is 2.27. The molecule has 1 heterocycles. The molecule has 0 aliphatic rings. The fourth-order valence-electron chi connectivity index (χ4n) is 1.95. The van der Waals surface area contributed by atoms with Gasteiger partial charge in [-0.05, 0) is 36.2 Å². The number of aromatic nitrogens is 1. The molecule has 0 radical (unpaired) electrons. The lowest BCUT2D eigenvalue weighted by Crippen LogP contribution is -2.23. The SMILES string of the molecule is CCCNC(c1cccnc1)c1ccccc1Br. The minimum Gasteiger partial charge on any atom is -0.306 e. The summed E-state index contributed by atoms with van der Waals surface area (Å²) in [5.74, 6) is 0. The molecule has 0 aliphatic heterocycles. The summed E-state index contributed by atoms with van der Waals surface area (Å²) in [6.45, 7) is 3.16. The average molecular weight is 305 g/mol. The predicted octanol–water partition coefficient (Wildman–Crippen LogP) is 3.93. The van der Waals surface area contributed by atoms with E-state index in [1.165, 1.54) is 11.1 Å². The fraction of sp³-hybridized carbons (Fsp3) is 0.267. The third-order valence-corrected chi connectivity index (χ3v) is 3.55. The third kappa shape index (κ3) is 3.18. The van der Waals surface area contributed by atoms with E-state index in [1.54, 1.807) is 6.20 Å². The molecule has 18 heavy (non-hydrogen) atoms. The lowest BCUT2D eigenvalue weighted by Gasteiger charge is -2.20. The molecule has 2 rings (SSSR count). The average Bonchev–Trinajstić information content (AvgIpc) is 2.42. The Balaban J connectivity index is 2.34. The molecule has 1 aromatic heterocycles. The molecule has 0 bridgehead atoms. The molecule has 0 spiro atoms. The molecule has 1 N–H and O–H groups in total. The number of nitrogens with zero attached hydrogens (tertiary/aromatic N) is 1. The molecular weight excluding hydrogens is 288 g/mol. The lowest BCUT2D eigenvalue weighted by atomic mass is 10.00. The van der Waals surface area contributed by atoms with Crippen LogP contribution < -0.4 is 5.32 Å². The van der Waals surface area contributed by atoms with E-state index >= 15 is 0 Å². The van der Waals surface area contributed by atoms with Crippen LogP contribution in [0.2, 0.25) is 0 Å². The zero-order valence-corrected chi connectivity index (χ0v) is 12.0. The van der Waals surface area contributed by atoms with E-state index in [1.807, 2.05) is 18.3 Å². The van der Waals surface area contributed by atoms with Gasteiger partial charge < -0.3 is 5.32 Å². The van der Waals surface area contributed by atoms with Crippen molar-refractivity contribution in [2.45, 2.75) is 19.4 Å². The van der Waals surface area contributed by atoms with E-state index in [0.29, 0.717) is 0 Å². The van der Waals surface area contributed by atoms with Crippen LogP contribution in [0.3, 0.4) is 0 Å². The van der Waals surface area contributed by atoms with Gasteiger partial charge >= 0.3 is 0 Å². The number of nitrogens with one attached hydrogen (secondary N) is 1. The number of hydrogen-bond acceptors (Lipinski definition) is 2. The van der Waals surface area contributed by atoms with Crippen molar-refractivity contribution in [1.82, 2.24) is 10.3 Å². The van der Waals surface area contributed by atoms with Crippen LogP contribution >= 0.6 is 15.9 Å². The van der Waals surface area contributed by atoms with Crippen LogP contribution in [-0.4, -0.2) is 11.5 Å². The van der Waals surface area contributed by atoms with E-state index in [4.69, 9.17) is 0 Å².